The number of rotatable bonds is 2. The predicted molar refractivity (Wildman–Crippen MR) is 81.2 cm³/mol. The molecular weight excluding hydrogens is 321 g/mol. The van der Waals surface area contributed by atoms with Crippen LogP contribution in [-0.4, -0.2) is 58.2 Å². The largest absolute Gasteiger partial charge is 0.393 e. The minimum Gasteiger partial charge on any atom is -0.393 e. The van der Waals surface area contributed by atoms with Crippen molar-refractivity contribution in [1.29, 1.82) is 0 Å². The first-order valence-corrected chi connectivity index (χ1v) is 7.33. The van der Waals surface area contributed by atoms with Gasteiger partial charge in [0.2, 0.25) is 0 Å². The van der Waals surface area contributed by atoms with Crippen molar-refractivity contribution in [2.75, 3.05) is 12.3 Å². The van der Waals surface area contributed by atoms with Gasteiger partial charge in [-0.3, -0.25) is 4.57 Å². The number of anilines is 1. The smallest absolute Gasteiger partial charge is 0.312 e. The first kappa shape index (κ1) is 17.0. The zero-order valence-electron chi connectivity index (χ0n) is 13.8. The lowest BCUT2D eigenvalue weighted by Crippen LogP contribution is -2.63. The van der Waals surface area contributed by atoms with Gasteiger partial charge in [-0.05, 0) is 27.7 Å². The lowest BCUT2D eigenvalue weighted by molar-refractivity contribution is -0.192. The van der Waals surface area contributed by atoms with Crippen molar-refractivity contribution >= 4 is 17.0 Å². The molecular formula is C14H20FN5O4. The summed E-state index contributed by atoms with van der Waals surface area (Å²) in [6.07, 6.45) is 0.211. The highest BCUT2D eigenvalue weighted by Gasteiger charge is 2.72. The Morgan fingerprint density at radius 3 is 2.38 bits per heavy atom. The highest BCUT2D eigenvalue weighted by atomic mass is 19.1. The highest BCUT2D eigenvalue weighted by molar-refractivity contribution is 5.81. The second-order valence-corrected chi connectivity index (χ2v) is 6.78. The van der Waals surface area contributed by atoms with Crippen molar-refractivity contribution in [3.05, 3.63) is 12.4 Å². The van der Waals surface area contributed by atoms with Gasteiger partial charge in [-0.15, -0.1) is 0 Å². The van der Waals surface area contributed by atoms with Crippen LogP contribution >= 0.6 is 0 Å². The average molecular weight is 341 g/mol. The quantitative estimate of drug-likeness (QED) is 0.536. The van der Waals surface area contributed by atoms with E-state index >= 15 is 0 Å². The number of aliphatic hydroxyl groups is 3. The number of fused-ring (bicyclic) bond motifs is 1. The van der Waals surface area contributed by atoms with Gasteiger partial charge in [0.05, 0.1) is 12.9 Å². The minimum atomic E-state index is -1.89. The maximum absolute atomic E-state index is 13.6. The number of nitrogens with zero attached hydrogens (tertiary/aromatic N) is 4. The molecule has 0 amide bonds. The third-order valence-electron chi connectivity index (χ3n) is 5.46. The summed E-state index contributed by atoms with van der Waals surface area (Å²) in [6, 6.07) is 0. The van der Waals surface area contributed by atoms with E-state index < -0.39 is 35.2 Å². The Hall–Kier alpha value is -1.88. The summed E-state index contributed by atoms with van der Waals surface area (Å²) in [4.78, 5) is 11.1. The van der Waals surface area contributed by atoms with E-state index in [0.717, 1.165) is 0 Å². The summed E-state index contributed by atoms with van der Waals surface area (Å²) >= 11 is 0. The fourth-order valence-electron chi connectivity index (χ4n) is 3.28. The Labute approximate surface area is 136 Å². The van der Waals surface area contributed by atoms with E-state index in [4.69, 9.17) is 10.5 Å². The number of nitrogens with two attached hydrogens (primary N) is 1. The van der Waals surface area contributed by atoms with Gasteiger partial charge < -0.3 is 25.8 Å². The van der Waals surface area contributed by atoms with Crippen LogP contribution in [0.3, 0.4) is 0 Å². The van der Waals surface area contributed by atoms with Gasteiger partial charge in [0.1, 0.15) is 16.8 Å². The first-order chi connectivity index (χ1) is 10.9. The summed E-state index contributed by atoms with van der Waals surface area (Å²) < 4.78 is 20.8. The molecule has 2 aromatic rings. The molecule has 4 atom stereocenters. The third-order valence-corrected chi connectivity index (χ3v) is 5.46. The molecule has 5 N–H and O–H groups in total. The topological polar surface area (TPSA) is 140 Å². The Morgan fingerprint density at radius 2 is 1.83 bits per heavy atom. The van der Waals surface area contributed by atoms with Crippen molar-refractivity contribution in [2.45, 2.75) is 50.2 Å². The van der Waals surface area contributed by atoms with Crippen LogP contribution in [0.4, 0.5) is 10.2 Å². The van der Waals surface area contributed by atoms with E-state index in [9.17, 15) is 19.7 Å². The average Bonchev–Trinajstić information content (AvgIpc) is 2.94. The van der Waals surface area contributed by atoms with Crippen LogP contribution in [0, 0.1) is 6.08 Å². The molecule has 24 heavy (non-hydrogen) atoms. The van der Waals surface area contributed by atoms with Crippen molar-refractivity contribution in [1.82, 2.24) is 19.5 Å². The molecule has 0 saturated carbocycles. The van der Waals surface area contributed by atoms with Crippen LogP contribution < -0.4 is 5.73 Å². The zero-order chi connectivity index (χ0) is 18.1. The minimum absolute atomic E-state index is 0.000708. The van der Waals surface area contributed by atoms with Gasteiger partial charge in [0.15, 0.2) is 22.7 Å². The van der Waals surface area contributed by atoms with E-state index in [1.807, 2.05) is 0 Å². The van der Waals surface area contributed by atoms with E-state index in [1.165, 1.54) is 38.6 Å². The Balaban J connectivity index is 2.30. The van der Waals surface area contributed by atoms with Gasteiger partial charge >= 0.3 is 6.08 Å². The number of aliphatic hydroxyl groups excluding tert-OH is 1. The first-order valence-electron chi connectivity index (χ1n) is 7.33. The normalized spacial score (nSPS) is 39.7. The number of imidazole rings is 1. The van der Waals surface area contributed by atoms with Crippen LogP contribution in [0.5, 0.6) is 0 Å². The molecule has 0 aromatic carbocycles. The standard InChI is InChI=1S/C14H20FN5O4/c1-11(5-21)12(2,22)13(3,23)14(4,24-11)20-6-17-7-8(16)18-10(15)19-9(7)20/h6,21-23H,5H2,1-4H3,(H2,16,18,19)/t11-,12+,13-,14-/m1/s1. The fourth-order valence-corrected chi connectivity index (χ4v) is 3.28. The number of halogens is 1. The number of aromatic nitrogens is 4. The molecule has 132 valence electrons. The maximum atomic E-state index is 13.6. The molecule has 0 aliphatic carbocycles. The van der Waals surface area contributed by atoms with Crippen LogP contribution in [0.2, 0.25) is 0 Å². The van der Waals surface area contributed by atoms with Gasteiger partial charge in [-0.25, -0.2) is 4.98 Å². The summed E-state index contributed by atoms with van der Waals surface area (Å²) in [5.41, 5.74) is -1.04. The van der Waals surface area contributed by atoms with Crippen LogP contribution in [0.1, 0.15) is 27.7 Å². The summed E-state index contributed by atoms with van der Waals surface area (Å²) in [5, 5.41) is 31.6. The number of hydrogen-bond donors (Lipinski definition) is 4. The Kier molecular flexibility index (Phi) is 3.25. The molecule has 0 bridgehead atoms. The fraction of sp³-hybridized carbons (Fsp3) is 0.643. The number of nitrogen functional groups attached to an aromatic ring is 1. The molecule has 3 heterocycles. The molecule has 1 saturated heterocycles. The van der Waals surface area contributed by atoms with Crippen molar-refractivity contribution in [3.8, 4) is 0 Å². The van der Waals surface area contributed by atoms with Gasteiger partial charge in [-0.2, -0.15) is 14.4 Å². The second kappa shape index (κ2) is 4.60. The van der Waals surface area contributed by atoms with E-state index in [-0.39, 0.29) is 17.0 Å². The third kappa shape index (κ3) is 1.73. The molecule has 10 heteroatoms. The Bertz CT molecular complexity index is 823. The summed E-state index contributed by atoms with van der Waals surface area (Å²) in [5.74, 6) is -0.158. The molecule has 3 rings (SSSR count). The number of ether oxygens (including phenoxy) is 1. The zero-order valence-corrected chi connectivity index (χ0v) is 13.8. The second-order valence-electron chi connectivity index (χ2n) is 6.78. The predicted octanol–water partition coefficient (Wildman–Crippen LogP) is -0.497. The summed E-state index contributed by atoms with van der Waals surface area (Å²) in [7, 11) is 0. The lowest BCUT2D eigenvalue weighted by Gasteiger charge is -2.42. The van der Waals surface area contributed by atoms with Crippen molar-refractivity contribution < 1.29 is 24.4 Å². The molecule has 0 radical (unpaired) electrons. The van der Waals surface area contributed by atoms with E-state index in [1.54, 1.807) is 0 Å². The molecule has 1 aliphatic rings. The van der Waals surface area contributed by atoms with E-state index in [0.29, 0.717) is 0 Å². The molecule has 1 fully saturated rings. The number of hydrogen-bond acceptors (Lipinski definition) is 8. The van der Waals surface area contributed by atoms with Crippen LogP contribution in [-0.2, 0) is 10.5 Å². The van der Waals surface area contributed by atoms with Crippen LogP contribution in [0.25, 0.3) is 11.2 Å². The highest BCUT2D eigenvalue weighted by Crippen LogP contribution is 2.54. The van der Waals surface area contributed by atoms with Crippen LogP contribution in [0.15, 0.2) is 6.33 Å². The van der Waals surface area contributed by atoms with E-state index in [2.05, 4.69) is 15.0 Å². The van der Waals surface area contributed by atoms with Crippen molar-refractivity contribution in [2.24, 2.45) is 0 Å². The molecule has 1 aliphatic heterocycles. The molecule has 9 nitrogen and oxygen atoms in total. The van der Waals surface area contributed by atoms with Gasteiger partial charge in [-0.1, -0.05) is 0 Å². The van der Waals surface area contributed by atoms with Crippen molar-refractivity contribution in [3.63, 3.8) is 0 Å². The monoisotopic (exact) mass is 341 g/mol. The molecule has 0 spiro atoms. The summed E-state index contributed by atoms with van der Waals surface area (Å²) in [6.45, 7) is 5.12. The van der Waals surface area contributed by atoms with Gasteiger partial charge in [0.25, 0.3) is 0 Å². The lowest BCUT2D eigenvalue weighted by atomic mass is 9.73. The maximum Gasteiger partial charge on any atom is 0.312 e. The molecule has 0 unspecified atom stereocenters. The SMILES string of the molecule is C[C@@]1(O)[C@@](C)(O)[C@](C)(n2cnc3c(N)nc(F)nc32)O[C@]1(C)CO. The Morgan fingerprint density at radius 1 is 1.21 bits per heavy atom. The molecule has 2 aromatic heterocycles. The van der Waals surface area contributed by atoms with Gasteiger partial charge in [0, 0.05) is 0 Å².